The number of Topliss-reactive ketones (excluding diaryl/α,β-unsaturated/α-hetero) is 1. The van der Waals surface area contributed by atoms with Gasteiger partial charge in [0.15, 0.2) is 11.6 Å². The van der Waals surface area contributed by atoms with E-state index < -0.39 is 5.79 Å². The molecule has 1 saturated carbocycles. The number of ether oxygens (including phenoxy) is 2. The maximum Gasteiger partial charge on any atom is 0.170 e. The Balaban J connectivity index is 1.96. The fourth-order valence-corrected chi connectivity index (χ4v) is 2.46. The van der Waals surface area contributed by atoms with E-state index in [1.807, 2.05) is 6.92 Å². The first-order valence-electron chi connectivity index (χ1n) is 6.15. The van der Waals surface area contributed by atoms with Crippen LogP contribution >= 0.6 is 0 Å². The summed E-state index contributed by atoms with van der Waals surface area (Å²) >= 11 is 0. The Hall–Kier alpha value is -0.670. The number of carbonyl (C=O) groups is 1. The van der Waals surface area contributed by atoms with Gasteiger partial charge < -0.3 is 9.47 Å². The van der Waals surface area contributed by atoms with Crippen LogP contribution in [0.2, 0.25) is 0 Å². The Kier molecular flexibility index (Phi) is 3.45. The summed E-state index contributed by atoms with van der Waals surface area (Å²) in [5, 5.41) is 0. The highest BCUT2D eigenvalue weighted by molar-refractivity contribution is 5.86. The van der Waals surface area contributed by atoms with Gasteiger partial charge in [-0.25, -0.2) is 0 Å². The van der Waals surface area contributed by atoms with Crippen molar-refractivity contribution in [3.8, 4) is 0 Å². The van der Waals surface area contributed by atoms with Crippen molar-refractivity contribution in [2.45, 2.75) is 50.9 Å². The van der Waals surface area contributed by atoms with Crippen molar-refractivity contribution >= 4 is 5.78 Å². The molecule has 2 atom stereocenters. The second-order valence-corrected chi connectivity index (χ2v) is 4.82. The van der Waals surface area contributed by atoms with Crippen LogP contribution in [0.1, 0.15) is 39.0 Å². The van der Waals surface area contributed by atoms with Crippen molar-refractivity contribution < 1.29 is 14.3 Å². The van der Waals surface area contributed by atoms with Gasteiger partial charge >= 0.3 is 0 Å². The Bertz CT molecular complexity index is 279. The summed E-state index contributed by atoms with van der Waals surface area (Å²) in [6.07, 6.45) is 6.66. The molecule has 1 spiro atoms. The standard InChI is InChI=1S/C13H20O3/c1-3-10(2)12(14)11-9-15-13(16-11)7-5-4-6-8-13/h3,10-11H,1,4-9H2,2H3/t10-,11+/m0/s1. The summed E-state index contributed by atoms with van der Waals surface area (Å²) in [4.78, 5) is 11.9. The molecule has 0 amide bonds. The van der Waals surface area contributed by atoms with Gasteiger partial charge in [0, 0.05) is 18.8 Å². The molecule has 2 fully saturated rings. The molecule has 16 heavy (non-hydrogen) atoms. The van der Waals surface area contributed by atoms with Gasteiger partial charge in [-0.1, -0.05) is 19.4 Å². The smallest absolute Gasteiger partial charge is 0.170 e. The predicted molar refractivity (Wildman–Crippen MR) is 61.0 cm³/mol. The van der Waals surface area contributed by atoms with Gasteiger partial charge in [-0.2, -0.15) is 0 Å². The monoisotopic (exact) mass is 224 g/mol. The molecule has 1 aliphatic heterocycles. The topological polar surface area (TPSA) is 35.5 Å². The van der Waals surface area contributed by atoms with E-state index in [9.17, 15) is 4.79 Å². The minimum Gasteiger partial charge on any atom is -0.347 e. The van der Waals surface area contributed by atoms with Crippen LogP contribution in [0, 0.1) is 5.92 Å². The van der Waals surface area contributed by atoms with Gasteiger partial charge in [-0.3, -0.25) is 4.79 Å². The van der Waals surface area contributed by atoms with Crippen molar-refractivity contribution in [2.24, 2.45) is 5.92 Å². The Morgan fingerprint density at radius 2 is 2.12 bits per heavy atom. The molecule has 0 aromatic carbocycles. The summed E-state index contributed by atoms with van der Waals surface area (Å²) in [6, 6.07) is 0. The van der Waals surface area contributed by atoms with E-state index in [1.165, 1.54) is 6.42 Å². The molecule has 90 valence electrons. The number of ketones is 1. The summed E-state index contributed by atoms with van der Waals surface area (Å²) < 4.78 is 11.6. The zero-order chi connectivity index (χ0) is 11.6. The number of rotatable bonds is 3. The van der Waals surface area contributed by atoms with E-state index in [0.717, 1.165) is 25.7 Å². The SMILES string of the molecule is C=C[C@H](C)C(=O)[C@H]1COC2(CCCCC2)O1. The van der Waals surface area contributed by atoms with Crippen LogP contribution in [0.4, 0.5) is 0 Å². The van der Waals surface area contributed by atoms with Crippen molar-refractivity contribution in [3.63, 3.8) is 0 Å². The van der Waals surface area contributed by atoms with Gasteiger partial charge in [0.25, 0.3) is 0 Å². The van der Waals surface area contributed by atoms with E-state index in [2.05, 4.69) is 6.58 Å². The lowest BCUT2D eigenvalue weighted by atomic mass is 9.94. The molecule has 1 heterocycles. The number of carbonyl (C=O) groups excluding carboxylic acids is 1. The van der Waals surface area contributed by atoms with Crippen LogP contribution in [-0.4, -0.2) is 24.3 Å². The highest BCUT2D eigenvalue weighted by atomic mass is 16.7. The first kappa shape index (κ1) is 11.8. The van der Waals surface area contributed by atoms with Crippen LogP contribution in [0.15, 0.2) is 12.7 Å². The molecule has 0 unspecified atom stereocenters. The third kappa shape index (κ3) is 2.20. The average molecular weight is 224 g/mol. The lowest BCUT2D eigenvalue weighted by Gasteiger charge is -2.31. The normalized spacial score (nSPS) is 30.2. The minimum absolute atomic E-state index is 0.0949. The molecule has 3 heteroatoms. The largest absolute Gasteiger partial charge is 0.347 e. The van der Waals surface area contributed by atoms with Crippen molar-refractivity contribution in [3.05, 3.63) is 12.7 Å². The molecular weight excluding hydrogens is 204 g/mol. The molecule has 1 aliphatic carbocycles. The Morgan fingerprint density at radius 3 is 2.75 bits per heavy atom. The third-order valence-corrected chi connectivity index (χ3v) is 3.59. The van der Waals surface area contributed by atoms with Crippen LogP contribution in [-0.2, 0) is 14.3 Å². The van der Waals surface area contributed by atoms with E-state index in [-0.39, 0.29) is 17.8 Å². The number of hydrogen-bond donors (Lipinski definition) is 0. The fourth-order valence-electron chi connectivity index (χ4n) is 2.46. The second-order valence-electron chi connectivity index (χ2n) is 4.82. The highest BCUT2D eigenvalue weighted by Crippen LogP contribution is 2.38. The lowest BCUT2D eigenvalue weighted by molar-refractivity contribution is -0.189. The molecule has 1 saturated heterocycles. The average Bonchev–Trinajstić information content (AvgIpc) is 2.72. The van der Waals surface area contributed by atoms with Crippen molar-refractivity contribution in [2.75, 3.05) is 6.61 Å². The van der Waals surface area contributed by atoms with Gasteiger partial charge in [-0.15, -0.1) is 6.58 Å². The van der Waals surface area contributed by atoms with Gasteiger partial charge in [0.05, 0.1) is 6.61 Å². The maximum absolute atomic E-state index is 11.9. The third-order valence-electron chi connectivity index (χ3n) is 3.59. The molecule has 2 rings (SSSR count). The van der Waals surface area contributed by atoms with Gasteiger partial charge in [0.2, 0.25) is 0 Å². The Labute approximate surface area is 96.8 Å². The van der Waals surface area contributed by atoms with Crippen LogP contribution in [0.5, 0.6) is 0 Å². The first-order valence-corrected chi connectivity index (χ1v) is 6.15. The molecule has 0 aromatic rings. The van der Waals surface area contributed by atoms with Crippen molar-refractivity contribution in [1.82, 2.24) is 0 Å². The molecule has 0 radical (unpaired) electrons. The Morgan fingerprint density at radius 1 is 1.44 bits per heavy atom. The van der Waals surface area contributed by atoms with E-state index >= 15 is 0 Å². The number of hydrogen-bond acceptors (Lipinski definition) is 3. The zero-order valence-electron chi connectivity index (χ0n) is 9.91. The molecule has 3 nitrogen and oxygen atoms in total. The summed E-state index contributed by atoms with van der Waals surface area (Å²) in [7, 11) is 0. The first-order chi connectivity index (χ1) is 7.67. The van der Waals surface area contributed by atoms with E-state index in [4.69, 9.17) is 9.47 Å². The molecule has 0 aromatic heterocycles. The van der Waals surface area contributed by atoms with Gasteiger partial charge in [-0.05, 0) is 12.8 Å². The molecule has 0 bridgehead atoms. The van der Waals surface area contributed by atoms with Crippen LogP contribution < -0.4 is 0 Å². The predicted octanol–water partition coefficient (Wildman–Crippen LogP) is 2.45. The molecular formula is C13H20O3. The summed E-state index contributed by atoms with van der Waals surface area (Å²) in [6.45, 7) is 5.91. The van der Waals surface area contributed by atoms with Crippen molar-refractivity contribution in [1.29, 1.82) is 0 Å². The molecule has 2 aliphatic rings. The zero-order valence-corrected chi connectivity index (χ0v) is 9.91. The minimum atomic E-state index is -0.445. The maximum atomic E-state index is 11.9. The number of allylic oxidation sites excluding steroid dienone is 1. The van der Waals surface area contributed by atoms with Crippen LogP contribution in [0.25, 0.3) is 0 Å². The van der Waals surface area contributed by atoms with Crippen LogP contribution in [0.3, 0.4) is 0 Å². The second kappa shape index (κ2) is 4.68. The van der Waals surface area contributed by atoms with E-state index in [1.54, 1.807) is 6.08 Å². The highest BCUT2D eigenvalue weighted by Gasteiger charge is 2.44. The van der Waals surface area contributed by atoms with Gasteiger partial charge in [0.1, 0.15) is 6.10 Å². The lowest BCUT2D eigenvalue weighted by Crippen LogP contribution is -2.35. The summed E-state index contributed by atoms with van der Waals surface area (Å²) in [5.41, 5.74) is 0. The summed E-state index contributed by atoms with van der Waals surface area (Å²) in [5.74, 6) is -0.496. The molecule has 0 N–H and O–H groups in total. The fraction of sp³-hybridized carbons (Fsp3) is 0.769. The van der Waals surface area contributed by atoms with E-state index in [0.29, 0.717) is 6.61 Å². The quantitative estimate of drug-likeness (QED) is 0.691.